The van der Waals surface area contributed by atoms with Crippen molar-refractivity contribution in [2.24, 2.45) is 0 Å². The molecule has 8 nitrogen and oxygen atoms in total. The number of aromatic hydroxyl groups is 1. The number of carbonyl (C=O) groups excluding carboxylic acids is 2. The van der Waals surface area contributed by atoms with Gasteiger partial charge in [0.2, 0.25) is 5.91 Å². The van der Waals surface area contributed by atoms with E-state index in [0.29, 0.717) is 43.4 Å². The molecular weight excluding hydrogens is 364 g/mol. The van der Waals surface area contributed by atoms with Crippen LogP contribution >= 0.6 is 0 Å². The van der Waals surface area contributed by atoms with Gasteiger partial charge < -0.3 is 24.1 Å². The van der Waals surface area contributed by atoms with E-state index in [2.05, 4.69) is 0 Å². The molecule has 8 heteroatoms. The van der Waals surface area contributed by atoms with Gasteiger partial charge in [0.05, 0.1) is 13.0 Å². The van der Waals surface area contributed by atoms with Crippen LogP contribution in [0.4, 0.5) is 4.79 Å². The highest BCUT2D eigenvalue weighted by Crippen LogP contribution is 2.25. The van der Waals surface area contributed by atoms with Gasteiger partial charge in [0.1, 0.15) is 17.4 Å². The first-order chi connectivity index (χ1) is 13.4. The smallest absolute Gasteiger partial charge is 0.410 e. The Morgan fingerprint density at radius 3 is 2.64 bits per heavy atom. The summed E-state index contributed by atoms with van der Waals surface area (Å²) in [4.78, 5) is 40.0. The molecule has 148 valence electrons. The molecular formula is C20H22N2O6. The average Bonchev–Trinajstić information content (AvgIpc) is 2.99. The quantitative estimate of drug-likeness (QED) is 0.809. The zero-order valence-corrected chi connectivity index (χ0v) is 15.6. The zero-order valence-electron chi connectivity index (χ0n) is 15.6. The summed E-state index contributed by atoms with van der Waals surface area (Å²) >= 11 is 0. The monoisotopic (exact) mass is 386 g/mol. The van der Waals surface area contributed by atoms with Gasteiger partial charge in [-0.15, -0.1) is 0 Å². The Bertz CT molecular complexity index is 976. The molecule has 28 heavy (non-hydrogen) atoms. The normalized spacial score (nSPS) is 20.6. The number of hydrogen-bond acceptors (Lipinski definition) is 6. The van der Waals surface area contributed by atoms with Crippen molar-refractivity contribution in [2.45, 2.75) is 38.3 Å². The Hall–Kier alpha value is -3.03. The molecule has 2 fully saturated rings. The lowest BCUT2D eigenvalue weighted by Crippen LogP contribution is -2.47. The molecule has 2 aliphatic rings. The van der Waals surface area contributed by atoms with Crippen LogP contribution in [0.2, 0.25) is 0 Å². The van der Waals surface area contributed by atoms with Gasteiger partial charge in [0.25, 0.3) is 0 Å². The number of carbonyl (C=O) groups is 2. The Morgan fingerprint density at radius 1 is 1.21 bits per heavy atom. The standard InChI is InChI=1S/C20H22N2O6/c1-12-11-22(20(26)27-12)14-4-6-21(7-5-14)18(24)8-13-9-19(25)28-17-10-15(23)2-3-16(13)17/h2-3,9-10,12,14,23H,4-8,11H2,1H3. The van der Waals surface area contributed by atoms with Crippen molar-refractivity contribution in [3.8, 4) is 5.75 Å². The molecule has 2 aliphatic heterocycles. The highest BCUT2D eigenvalue weighted by atomic mass is 16.6. The molecule has 0 bridgehead atoms. The lowest BCUT2D eigenvalue weighted by atomic mass is 10.0. The van der Waals surface area contributed by atoms with Crippen molar-refractivity contribution in [2.75, 3.05) is 19.6 Å². The minimum atomic E-state index is -0.554. The third kappa shape index (κ3) is 3.54. The molecule has 0 aliphatic carbocycles. The zero-order chi connectivity index (χ0) is 19.8. The number of rotatable bonds is 3. The third-order valence-electron chi connectivity index (χ3n) is 5.40. The summed E-state index contributed by atoms with van der Waals surface area (Å²) in [7, 11) is 0. The van der Waals surface area contributed by atoms with E-state index in [9.17, 15) is 19.5 Å². The Morgan fingerprint density at radius 2 is 1.96 bits per heavy atom. The van der Waals surface area contributed by atoms with Gasteiger partial charge in [-0.05, 0) is 37.5 Å². The summed E-state index contributed by atoms with van der Waals surface area (Å²) in [5, 5.41) is 10.2. The van der Waals surface area contributed by atoms with Gasteiger partial charge in [0.15, 0.2) is 0 Å². The summed E-state index contributed by atoms with van der Waals surface area (Å²) in [6.07, 6.45) is 1.13. The second-order valence-corrected chi connectivity index (χ2v) is 7.41. The van der Waals surface area contributed by atoms with E-state index in [4.69, 9.17) is 9.15 Å². The molecule has 3 heterocycles. The van der Waals surface area contributed by atoms with Crippen LogP contribution in [0.25, 0.3) is 11.0 Å². The molecule has 1 N–H and O–H groups in total. The van der Waals surface area contributed by atoms with Crippen molar-refractivity contribution < 1.29 is 23.8 Å². The fraction of sp³-hybridized carbons (Fsp3) is 0.450. The molecule has 0 saturated carbocycles. The highest BCUT2D eigenvalue weighted by Gasteiger charge is 2.36. The van der Waals surface area contributed by atoms with Crippen molar-refractivity contribution in [3.63, 3.8) is 0 Å². The first-order valence-electron chi connectivity index (χ1n) is 9.41. The Balaban J connectivity index is 1.43. The minimum Gasteiger partial charge on any atom is -0.508 e. The highest BCUT2D eigenvalue weighted by molar-refractivity contribution is 5.87. The summed E-state index contributed by atoms with van der Waals surface area (Å²) in [6.45, 7) is 3.58. The number of phenols is 1. The molecule has 1 aromatic carbocycles. The number of phenolic OH excluding ortho intramolecular Hbond substituents is 1. The van der Waals surface area contributed by atoms with Crippen molar-refractivity contribution >= 4 is 23.0 Å². The van der Waals surface area contributed by atoms with E-state index in [1.807, 2.05) is 6.92 Å². The van der Waals surface area contributed by atoms with Crippen LogP contribution < -0.4 is 5.63 Å². The van der Waals surface area contributed by atoms with Crippen molar-refractivity contribution in [1.82, 2.24) is 9.80 Å². The van der Waals surface area contributed by atoms with Crippen LogP contribution in [0, 0.1) is 0 Å². The predicted molar refractivity (Wildman–Crippen MR) is 100 cm³/mol. The third-order valence-corrected chi connectivity index (χ3v) is 5.40. The molecule has 4 rings (SSSR count). The molecule has 1 aromatic heterocycles. The number of fused-ring (bicyclic) bond motifs is 1. The average molecular weight is 386 g/mol. The number of benzene rings is 1. The Kier molecular flexibility index (Phi) is 4.70. The fourth-order valence-electron chi connectivity index (χ4n) is 3.99. The number of amides is 2. The molecule has 0 spiro atoms. The SMILES string of the molecule is CC1CN(C2CCN(C(=O)Cc3cc(=O)oc4cc(O)ccc34)CC2)C(=O)O1. The summed E-state index contributed by atoms with van der Waals surface area (Å²) in [5.74, 6) is -0.0771. The van der Waals surface area contributed by atoms with Crippen molar-refractivity contribution in [3.05, 3.63) is 40.2 Å². The molecule has 0 radical (unpaired) electrons. The van der Waals surface area contributed by atoms with E-state index in [1.54, 1.807) is 15.9 Å². The molecule has 2 amide bonds. The lowest BCUT2D eigenvalue weighted by molar-refractivity contribution is -0.131. The van der Waals surface area contributed by atoms with Gasteiger partial charge in [-0.1, -0.05) is 0 Å². The van der Waals surface area contributed by atoms with Crippen LogP contribution in [0.3, 0.4) is 0 Å². The van der Waals surface area contributed by atoms with Crippen LogP contribution in [-0.4, -0.2) is 58.7 Å². The van der Waals surface area contributed by atoms with Crippen LogP contribution in [0.15, 0.2) is 33.5 Å². The summed E-state index contributed by atoms with van der Waals surface area (Å²) < 4.78 is 10.3. The van der Waals surface area contributed by atoms with Gasteiger partial charge in [0, 0.05) is 36.7 Å². The second kappa shape index (κ2) is 7.18. The van der Waals surface area contributed by atoms with E-state index in [-0.39, 0.29) is 41.9 Å². The second-order valence-electron chi connectivity index (χ2n) is 7.41. The largest absolute Gasteiger partial charge is 0.508 e. The van der Waals surface area contributed by atoms with Crippen LogP contribution in [-0.2, 0) is 16.0 Å². The minimum absolute atomic E-state index is 0.00374. The maximum Gasteiger partial charge on any atom is 0.410 e. The molecule has 1 unspecified atom stereocenters. The maximum absolute atomic E-state index is 12.8. The summed E-state index contributed by atoms with van der Waals surface area (Å²) in [5.41, 5.74) is 0.285. The Labute approximate surface area is 161 Å². The molecule has 2 saturated heterocycles. The molecule has 1 atom stereocenters. The van der Waals surface area contributed by atoms with Crippen molar-refractivity contribution in [1.29, 1.82) is 0 Å². The van der Waals surface area contributed by atoms with Crippen LogP contribution in [0.5, 0.6) is 5.75 Å². The number of ether oxygens (including phenoxy) is 1. The number of likely N-dealkylation sites (tertiary alicyclic amines) is 1. The van der Waals surface area contributed by atoms with Crippen LogP contribution in [0.1, 0.15) is 25.3 Å². The maximum atomic E-state index is 12.8. The first-order valence-corrected chi connectivity index (χ1v) is 9.41. The number of piperidine rings is 1. The van der Waals surface area contributed by atoms with Gasteiger partial charge in [-0.25, -0.2) is 9.59 Å². The number of cyclic esters (lactones) is 1. The number of nitrogens with zero attached hydrogens (tertiary/aromatic N) is 2. The van der Waals surface area contributed by atoms with E-state index >= 15 is 0 Å². The lowest BCUT2D eigenvalue weighted by Gasteiger charge is -2.35. The van der Waals surface area contributed by atoms with E-state index in [1.165, 1.54) is 18.2 Å². The van der Waals surface area contributed by atoms with Gasteiger partial charge in [-0.3, -0.25) is 4.79 Å². The first kappa shape index (κ1) is 18.3. The summed E-state index contributed by atoms with van der Waals surface area (Å²) in [6, 6.07) is 5.92. The topological polar surface area (TPSA) is 100 Å². The fourth-order valence-corrected chi connectivity index (χ4v) is 3.99. The van der Waals surface area contributed by atoms with E-state index < -0.39 is 5.63 Å². The van der Waals surface area contributed by atoms with E-state index in [0.717, 1.165) is 0 Å². The molecule has 2 aromatic rings. The predicted octanol–water partition coefficient (Wildman–Crippen LogP) is 1.87. The number of hydrogen-bond donors (Lipinski definition) is 1. The van der Waals surface area contributed by atoms with Gasteiger partial charge in [-0.2, -0.15) is 0 Å². The van der Waals surface area contributed by atoms with Gasteiger partial charge >= 0.3 is 11.7 Å².